The summed E-state index contributed by atoms with van der Waals surface area (Å²) in [5.41, 5.74) is 3.13. The van der Waals surface area contributed by atoms with Crippen LogP contribution in [0.1, 0.15) is 25.5 Å². The Morgan fingerprint density at radius 3 is 2.21 bits per heavy atom. The third-order valence-electron chi connectivity index (χ3n) is 4.77. The molecule has 1 heterocycles. The van der Waals surface area contributed by atoms with Gasteiger partial charge in [0.1, 0.15) is 0 Å². The lowest BCUT2D eigenvalue weighted by atomic mass is 9.88. The molecule has 3 N–H and O–H groups in total. The largest absolute Gasteiger partial charge is 0.379 e. The molecule has 126 valence electrons. The van der Waals surface area contributed by atoms with Gasteiger partial charge in [-0.2, -0.15) is 0 Å². The minimum absolute atomic E-state index is 0.0437. The molecular weight excluding hydrogens is 298 g/mol. The Balaban J connectivity index is 1.56. The zero-order valence-electron chi connectivity index (χ0n) is 14.3. The summed E-state index contributed by atoms with van der Waals surface area (Å²) >= 11 is 0. The Morgan fingerprint density at radius 1 is 1.00 bits per heavy atom. The number of hydrogen-bond acceptors (Lipinski definition) is 3. The van der Waals surface area contributed by atoms with Crippen molar-refractivity contribution in [3.63, 3.8) is 0 Å². The lowest BCUT2D eigenvalue weighted by molar-refractivity contribution is -0.121. The van der Waals surface area contributed by atoms with Gasteiger partial charge in [0, 0.05) is 23.3 Å². The van der Waals surface area contributed by atoms with Gasteiger partial charge in [-0.25, -0.2) is 0 Å². The van der Waals surface area contributed by atoms with E-state index < -0.39 is 0 Å². The zero-order valence-corrected chi connectivity index (χ0v) is 14.3. The summed E-state index contributed by atoms with van der Waals surface area (Å²) in [6, 6.07) is 18.5. The average molecular weight is 323 g/mol. The predicted octanol–water partition coefficient (Wildman–Crippen LogP) is 3.65. The summed E-state index contributed by atoms with van der Waals surface area (Å²) < 4.78 is 0. The number of carbonyl (C=O) groups excluding carboxylic acids is 1. The first kappa shape index (κ1) is 16.5. The average Bonchev–Trinajstić information content (AvgIpc) is 2.55. The summed E-state index contributed by atoms with van der Waals surface area (Å²) in [4.78, 5) is 12.2. The maximum absolute atomic E-state index is 12.2. The number of hydrogen-bond donors (Lipinski definition) is 3. The first-order valence-electron chi connectivity index (χ1n) is 8.56. The van der Waals surface area contributed by atoms with Crippen LogP contribution < -0.4 is 16.0 Å². The van der Waals surface area contributed by atoms with Crippen LogP contribution in [0.2, 0.25) is 0 Å². The second kappa shape index (κ2) is 7.49. The summed E-state index contributed by atoms with van der Waals surface area (Å²) in [5, 5.41) is 9.70. The monoisotopic (exact) mass is 323 g/mol. The first-order valence-corrected chi connectivity index (χ1v) is 8.56. The number of amides is 1. The quantitative estimate of drug-likeness (QED) is 0.760. The number of benzene rings is 2. The summed E-state index contributed by atoms with van der Waals surface area (Å²) in [6.07, 6.45) is 0. The summed E-state index contributed by atoms with van der Waals surface area (Å²) in [7, 11) is 0. The van der Waals surface area contributed by atoms with E-state index in [1.165, 1.54) is 5.56 Å². The highest BCUT2D eigenvalue weighted by molar-refractivity contribution is 5.92. The highest BCUT2D eigenvalue weighted by atomic mass is 16.1. The standard InChI is InChI=1S/C20H25N3O/c1-14(17-12-21-13-17)20(24)23-19-10-8-18(9-11-19)22-15(2)16-6-4-3-5-7-16/h3-11,14-15,17,21-22H,12-13H2,1-2H3,(H,23,24). The third-order valence-corrected chi connectivity index (χ3v) is 4.77. The van der Waals surface area contributed by atoms with E-state index >= 15 is 0 Å². The van der Waals surface area contributed by atoms with Gasteiger partial charge in [-0.3, -0.25) is 4.79 Å². The fourth-order valence-corrected chi connectivity index (χ4v) is 2.86. The van der Waals surface area contributed by atoms with E-state index in [1.54, 1.807) is 0 Å². The molecular formula is C20H25N3O. The molecule has 4 nitrogen and oxygen atoms in total. The fourth-order valence-electron chi connectivity index (χ4n) is 2.86. The minimum Gasteiger partial charge on any atom is -0.379 e. The molecule has 1 saturated heterocycles. The van der Waals surface area contributed by atoms with E-state index in [4.69, 9.17) is 0 Å². The Morgan fingerprint density at radius 2 is 1.62 bits per heavy atom. The normalized spacial score (nSPS) is 16.8. The van der Waals surface area contributed by atoms with Crippen molar-refractivity contribution in [2.45, 2.75) is 19.9 Å². The molecule has 1 amide bonds. The number of nitrogens with one attached hydrogen (secondary N) is 3. The second-order valence-corrected chi connectivity index (χ2v) is 6.55. The van der Waals surface area contributed by atoms with Crippen molar-refractivity contribution in [2.75, 3.05) is 23.7 Å². The summed E-state index contributed by atoms with van der Waals surface area (Å²) in [6.45, 7) is 6.02. The van der Waals surface area contributed by atoms with Crippen LogP contribution in [0.5, 0.6) is 0 Å². The molecule has 4 heteroatoms. The smallest absolute Gasteiger partial charge is 0.227 e. The van der Waals surface area contributed by atoms with Crippen LogP contribution in [-0.2, 0) is 4.79 Å². The molecule has 24 heavy (non-hydrogen) atoms. The lowest BCUT2D eigenvalue weighted by Gasteiger charge is -2.31. The van der Waals surface area contributed by atoms with Gasteiger partial charge in [-0.05, 0) is 55.8 Å². The maximum Gasteiger partial charge on any atom is 0.227 e. The van der Waals surface area contributed by atoms with Crippen molar-refractivity contribution < 1.29 is 4.79 Å². The van der Waals surface area contributed by atoms with Gasteiger partial charge in [0.25, 0.3) is 0 Å². The highest BCUT2D eigenvalue weighted by Gasteiger charge is 2.28. The van der Waals surface area contributed by atoms with Crippen LogP contribution in [0.25, 0.3) is 0 Å². The van der Waals surface area contributed by atoms with Crippen molar-refractivity contribution in [2.24, 2.45) is 11.8 Å². The molecule has 1 fully saturated rings. The molecule has 2 atom stereocenters. The highest BCUT2D eigenvalue weighted by Crippen LogP contribution is 2.22. The molecule has 1 aliphatic rings. The van der Waals surface area contributed by atoms with E-state index in [0.29, 0.717) is 5.92 Å². The topological polar surface area (TPSA) is 53.2 Å². The van der Waals surface area contributed by atoms with Crippen LogP contribution in [-0.4, -0.2) is 19.0 Å². The first-order chi connectivity index (χ1) is 11.6. The van der Waals surface area contributed by atoms with Crippen molar-refractivity contribution in [3.8, 4) is 0 Å². The molecule has 2 aromatic carbocycles. The molecule has 3 rings (SSSR count). The minimum atomic E-state index is 0.0437. The van der Waals surface area contributed by atoms with Crippen molar-refractivity contribution in [1.82, 2.24) is 5.32 Å². The van der Waals surface area contributed by atoms with Crippen LogP contribution in [0.4, 0.5) is 11.4 Å². The number of rotatable bonds is 6. The number of anilines is 2. The number of carbonyl (C=O) groups is 1. The van der Waals surface area contributed by atoms with E-state index in [-0.39, 0.29) is 17.9 Å². The summed E-state index contributed by atoms with van der Waals surface area (Å²) in [5.74, 6) is 0.597. The molecule has 2 aromatic rings. The van der Waals surface area contributed by atoms with Crippen LogP contribution in [0, 0.1) is 11.8 Å². The van der Waals surface area contributed by atoms with E-state index in [9.17, 15) is 4.79 Å². The lowest BCUT2D eigenvalue weighted by Crippen LogP contribution is -2.48. The van der Waals surface area contributed by atoms with E-state index in [1.807, 2.05) is 49.4 Å². The molecule has 0 bridgehead atoms. The van der Waals surface area contributed by atoms with Gasteiger partial charge >= 0.3 is 0 Å². The predicted molar refractivity (Wildman–Crippen MR) is 99.1 cm³/mol. The molecule has 0 radical (unpaired) electrons. The third kappa shape index (κ3) is 3.95. The van der Waals surface area contributed by atoms with Crippen molar-refractivity contribution in [1.29, 1.82) is 0 Å². The van der Waals surface area contributed by atoms with Gasteiger partial charge in [0.2, 0.25) is 5.91 Å². The Hall–Kier alpha value is -2.33. The Bertz CT molecular complexity index is 665. The van der Waals surface area contributed by atoms with Gasteiger partial charge in [-0.1, -0.05) is 37.3 Å². The molecule has 0 saturated carbocycles. The van der Waals surface area contributed by atoms with E-state index in [2.05, 4.69) is 35.0 Å². The van der Waals surface area contributed by atoms with Gasteiger partial charge < -0.3 is 16.0 Å². The maximum atomic E-state index is 12.2. The molecule has 0 aromatic heterocycles. The van der Waals surface area contributed by atoms with E-state index in [0.717, 1.165) is 24.5 Å². The Labute approximate surface area is 143 Å². The molecule has 2 unspecified atom stereocenters. The molecule has 0 aliphatic carbocycles. The van der Waals surface area contributed by atoms with Gasteiger partial charge in [0.05, 0.1) is 0 Å². The van der Waals surface area contributed by atoms with Crippen molar-refractivity contribution in [3.05, 3.63) is 60.2 Å². The van der Waals surface area contributed by atoms with Crippen LogP contribution in [0.15, 0.2) is 54.6 Å². The van der Waals surface area contributed by atoms with Crippen molar-refractivity contribution >= 4 is 17.3 Å². The van der Waals surface area contributed by atoms with Gasteiger partial charge in [0.15, 0.2) is 0 Å². The second-order valence-electron chi connectivity index (χ2n) is 6.55. The molecule has 0 spiro atoms. The Kier molecular flexibility index (Phi) is 5.16. The molecule has 1 aliphatic heterocycles. The SMILES string of the molecule is CC(Nc1ccc(NC(=O)C(C)C2CNC2)cc1)c1ccccc1. The van der Waals surface area contributed by atoms with Gasteiger partial charge in [-0.15, -0.1) is 0 Å². The zero-order chi connectivity index (χ0) is 16.9. The van der Waals surface area contributed by atoms with Crippen LogP contribution in [0.3, 0.4) is 0 Å². The van der Waals surface area contributed by atoms with Crippen LogP contribution >= 0.6 is 0 Å². The fraction of sp³-hybridized carbons (Fsp3) is 0.350.